The molecule has 0 bridgehead atoms. The number of carbonyl (C=O) groups is 1. The summed E-state index contributed by atoms with van der Waals surface area (Å²) in [4.78, 5) is 13.8. The maximum Gasteiger partial charge on any atom is 0.410 e. The Kier molecular flexibility index (Phi) is 7.67. The quantitative estimate of drug-likeness (QED) is 0.535. The number of nitrogens with zero attached hydrogens (tertiary/aromatic N) is 1. The molecule has 0 saturated carbocycles. The third-order valence-electron chi connectivity index (χ3n) is 5.08. The summed E-state index contributed by atoms with van der Waals surface area (Å²) in [6, 6.07) is 2.46. The van der Waals surface area contributed by atoms with Crippen molar-refractivity contribution in [1.82, 2.24) is 4.90 Å². The molecular weight excluding hydrogens is 541 g/mol. The Bertz CT molecular complexity index is 596. The average Bonchev–Trinajstić information content (AvgIpc) is 2.83. The molecule has 25 heavy (non-hydrogen) atoms. The van der Waals surface area contributed by atoms with Gasteiger partial charge in [0.2, 0.25) is 0 Å². The Labute approximate surface area is 183 Å². The summed E-state index contributed by atoms with van der Waals surface area (Å²) in [6.45, 7) is 2.82. The van der Waals surface area contributed by atoms with Gasteiger partial charge in [-0.05, 0) is 42.9 Å². The molecular formula is C18H23AcF2N2O2-. The Hall–Kier alpha value is -0.248. The molecule has 1 amide bonds. The molecule has 1 radical (unpaired) electrons. The number of fused-ring (bicyclic) bond motifs is 1. The number of carbonyl (C=O) groups excluding carboxylic acids is 1. The molecule has 0 aromatic heterocycles. The Morgan fingerprint density at radius 3 is 2.64 bits per heavy atom. The summed E-state index contributed by atoms with van der Waals surface area (Å²) in [5.41, 5.74) is 8.80. The van der Waals surface area contributed by atoms with Crippen molar-refractivity contribution in [2.24, 2.45) is 5.92 Å². The van der Waals surface area contributed by atoms with Crippen molar-refractivity contribution in [3.63, 3.8) is 0 Å². The number of halogens is 2. The van der Waals surface area contributed by atoms with Gasteiger partial charge in [0.1, 0.15) is 17.7 Å². The van der Waals surface area contributed by atoms with Gasteiger partial charge in [0.15, 0.2) is 0 Å². The van der Waals surface area contributed by atoms with Gasteiger partial charge in [-0.2, -0.15) is 0 Å². The molecule has 2 heterocycles. The second kappa shape index (κ2) is 9.10. The zero-order chi connectivity index (χ0) is 17.3. The van der Waals surface area contributed by atoms with Gasteiger partial charge >= 0.3 is 6.09 Å². The van der Waals surface area contributed by atoms with E-state index in [0.717, 1.165) is 31.7 Å². The summed E-state index contributed by atoms with van der Waals surface area (Å²) in [5, 5.41) is 0. The number of rotatable bonds is 5. The summed E-state index contributed by atoms with van der Waals surface area (Å²) in [5.74, 6) is -0.752. The first-order valence-electron chi connectivity index (χ1n) is 8.61. The SMILES string of the molecule is CCCC1CCN2C(=O)O[C@@H]([C@@H]([NH-])Cc3cc(F)cc(F)c3)[C@@H]2C1.[Ac]. The topological polar surface area (TPSA) is 53.3 Å². The number of ether oxygens (including phenoxy) is 1. The second-order valence-corrected chi connectivity index (χ2v) is 6.88. The molecule has 2 fully saturated rings. The van der Waals surface area contributed by atoms with Crippen molar-refractivity contribution in [3.8, 4) is 0 Å². The van der Waals surface area contributed by atoms with Gasteiger partial charge in [-0.1, -0.05) is 25.8 Å². The van der Waals surface area contributed by atoms with E-state index in [2.05, 4.69) is 6.92 Å². The zero-order valence-corrected chi connectivity index (χ0v) is 19.1. The van der Waals surface area contributed by atoms with Crippen molar-refractivity contribution in [2.45, 2.75) is 57.2 Å². The van der Waals surface area contributed by atoms with Crippen LogP contribution in [-0.2, 0) is 11.2 Å². The molecule has 1 N–H and O–H groups in total. The van der Waals surface area contributed by atoms with Crippen LogP contribution in [0.4, 0.5) is 13.6 Å². The largest absolute Gasteiger partial charge is 0.671 e. The first kappa shape index (κ1) is 21.1. The van der Waals surface area contributed by atoms with E-state index in [1.165, 1.54) is 12.1 Å². The van der Waals surface area contributed by atoms with E-state index in [1.807, 2.05) is 0 Å². The number of hydrogen-bond donors (Lipinski definition) is 0. The molecule has 3 rings (SSSR count). The number of cyclic esters (lactones) is 1. The minimum atomic E-state index is -0.731. The fraction of sp³-hybridized carbons (Fsp3) is 0.611. The predicted octanol–water partition coefficient (Wildman–Crippen LogP) is 4.33. The monoisotopic (exact) mass is 564 g/mol. The second-order valence-electron chi connectivity index (χ2n) is 6.88. The predicted molar refractivity (Wildman–Crippen MR) is 86.6 cm³/mol. The molecule has 1 unspecified atom stereocenters. The first-order valence-corrected chi connectivity index (χ1v) is 8.61. The molecule has 135 valence electrons. The van der Waals surface area contributed by atoms with Crippen LogP contribution in [0.3, 0.4) is 0 Å². The van der Waals surface area contributed by atoms with Crippen molar-refractivity contribution in [3.05, 3.63) is 41.1 Å². The number of amides is 1. The standard InChI is InChI=1S/C18H23F2N2O2.Ac/c1-2-3-11-4-5-22-16(9-11)17(24-18(22)23)15(21)8-12-6-13(19)10-14(20)7-12;/h6-7,10-11,15-17,21H,2-5,8-9H2,1H3;/q-1;/t11?,15-,16-,17-;/m0./s1. The molecule has 2 aliphatic heterocycles. The smallest absolute Gasteiger partial charge is 0.410 e. The summed E-state index contributed by atoms with van der Waals surface area (Å²) < 4.78 is 32.1. The van der Waals surface area contributed by atoms with Crippen molar-refractivity contribution < 1.29 is 62.4 Å². The van der Waals surface area contributed by atoms with Crippen LogP contribution in [0.25, 0.3) is 5.73 Å². The number of benzene rings is 1. The van der Waals surface area contributed by atoms with E-state index < -0.39 is 23.8 Å². The molecule has 0 spiro atoms. The van der Waals surface area contributed by atoms with Crippen LogP contribution in [0.15, 0.2) is 18.2 Å². The Morgan fingerprint density at radius 2 is 2.00 bits per heavy atom. The van der Waals surface area contributed by atoms with Gasteiger partial charge in [0.25, 0.3) is 0 Å². The summed E-state index contributed by atoms with van der Waals surface area (Å²) >= 11 is 0. The molecule has 1 aromatic carbocycles. The van der Waals surface area contributed by atoms with Crippen LogP contribution in [0.2, 0.25) is 0 Å². The van der Waals surface area contributed by atoms with E-state index in [0.29, 0.717) is 18.0 Å². The van der Waals surface area contributed by atoms with E-state index in [-0.39, 0.29) is 62.6 Å². The van der Waals surface area contributed by atoms with Crippen LogP contribution < -0.4 is 0 Å². The third kappa shape index (κ3) is 4.93. The van der Waals surface area contributed by atoms with E-state index in [4.69, 9.17) is 10.5 Å². The molecule has 0 aliphatic carbocycles. The van der Waals surface area contributed by atoms with Gasteiger partial charge in [-0.25, -0.2) is 13.6 Å². The van der Waals surface area contributed by atoms with Gasteiger partial charge < -0.3 is 15.4 Å². The van der Waals surface area contributed by atoms with Crippen molar-refractivity contribution >= 4 is 6.09 Å². The van der Waals surface area contributed by atoms with Gasteiger partial charge in [0, 0.05) is 56.7 Å². The molecule has 1 aromatic rings. The maximum absolute atomic E-state index is 13.3. The van der Waals surface area contributed by atoms with Crippen LogP contribution in [0, 0.1) is 61.6 Å². The molecule has 7 heteroatoms. The van der Waals surface area contributed by atoms with Crippen molar-refractivity contribution in [1.29, 1.82) is 0 Å². The van der Waals surface area contributed by atoms with E-state index in [1.54, 1.807) is 4.90 Å². The maximum atomic E-state index is 13.3. The van der Waals surface area contributed by atoms with E-state index in [9.17, 15) is 13.6 Å². The fourth-order valence-corrected chi connectivity index (χ4v) is 3.99. The average molecular weight is 564 g/mol. The Balaban J connectivity index is 0.00000225. The number of hydrogen-bond acceptors (Lipinski definition) is 2. The zero-order valence-electron chi connectivity index (χ0n) is 14.4. The summed E-state index contributed by atoms with van der Waals surface area (Å²) in [6.07, 6.45) is 3.30. The molecule has 2 saturated heterocycles. The van der Waals surface area contributed by atoms with Gasteiger partial charge in [0.05, 0.1) is 6.04 Å². The van der Waals surface area contributed by atoms with Crippen LogP contribution >= 0.6 is 0 Å². The van der Waals surface area contributed by atoms with E-state index >= 15 is 0 Å². The molecule has 4 atom stereocenters. The molecule has 4 nitrogen and oxygen atoms in total. The fourth-order valence-electron chi connectivity index (χ4n) is 3.99. The van der Waals surface area contributed by atoms with Crippen LogP contribution in [-0.4, -0.2) is 35.7 Å². The van der Waals surface area contributed by atoms with Gasteiger partial charge in [-0.15, -0.1) is 0 Å². The van der Waals surface area contributed by atoms with Crippen molar-refractivity contribution in [2.75, 3.05) is 6.54 Å². The van der Waals surface area contributed by atoms with Crippen LogP contribution in [0.1, 0.15) is 38.2 Å². The normalized spacial score (nSPS) is 26.6. The first-order chi connectivity index (χ1) is 11.5. The minimum Gasteiger partial charge on any atom is -0.671 e. The van der Waals surface area contributed by atoms with Crippen LogP contribution in [0.5, 0.6) is 0 Å². The number of nitrogens with one attached hydrogen (secondary N) is 1. The van der Waals surface area contributed by atoms with Gasteiger partial charge in [-0.3, -0.25) is 0 Å². The third-order valence-corrected chi connectivity index (χ3v) is 5.08. The Morgan fingerprint density at radius 1 is 1.32 bits per heavy atom. The number of piperidine rings is 1. The minimum absolute atomic E-state index is 0. The summed E-state index contributed by atoms with van der Waals surface area (Å²) in [7, 11) is 0. The molecule has 2 aliphatic rings.